The summed E-state index contributed by atoms with van der Waals surface area (Å²) in [5.74, 6) is 1.69. The fourth-order valence-electron chi connectivity index (χ4n) is 4.25. The average molecular weight is 346 g/mol. The monoisotopic (exact) mass is 346 g/mol. The molecule has 0 aromatic carbocycles. The molecule has 1 amide bonds. The standard InChI is InChI=1S/C19H26N2O4/c22-18(15-3-8-23-9-4-15)21-13-19(14-21)16(6-11-25-19)5-10-24-17-2-1-7-20-12-17/h1-2,7,12,15-16H,3-6,8-11,13-14H2. The Balaban J connectivity index is 1.26. The molecule has 3 saturated heterocycles. The topological polar surface area (TPSA) is 60.9 Å². The van der Waals surface area contributed by atoms with E-state index in [4.69, 9.17) is 14.2 Å². The SMILES string of the molecule is O=C(C1CCOCC1)N1CC2(C1)OCCC2CCOc1cccnc1. The first kappa shape index (κ1) is 16.8. The van der Waals surface area contributed by atoms with Gasteiger partial charge in [-0.05, 0) is 43.7 Å². The van der Waals surface area contributed by atoms with Gasteiger partial charge in [-0.25, -0.2) is 0 Å². The van der Waals surface area contributed by atoms with E-state index in [1.54, 1.807) is 12.4 Å². The number of hydrogen-bond donors (Lipinski definition) is 0. The summed E-state index contributed by atoms with van der Waals surface area (Å²) in [4.78, 5) is 18.7. The zero-order valence-corrected chi connectivity index (χ0v) is 14.6. The fraction of sp³-hybridized carbons (Fsp3) is 0.684. The highest BCUT2D eigenvalue weighted by molar-refractivity contribution is 5.80. The van der Waals surface area contributed by atoms with E-state index in [2.05, 4.69) is 4.98 Å². The van der Waals surface area contributed by atoms with Crippen LogP contribution in [0.15, 0.2) is 24.5 Å². The summed E-state index contributed by atoms with van der Waals surface area (Å²) in [6.07, 6.45) is 7.19. The molecule has 0 saturated carbocycles. The minimum atomic E-state index is -0.140. The van der Waals surface area contributed by atoms with E-state index in [0.29, 0.717) is 25.7 Å². The van der Waals surface area contributed by atoms with Crippen LogP contribution in [0.4, 0.5) is 0 Å². The summed E-state index contributed by atoms with van der Waals surface area (Å²) in [6, 6.07) is 3.80. The lowest BCUT2D eigenvalue weighted by atomic mass is 9.78. The normalized spacial score (nSPS) is 25.8. The van der Waals surface area contributed by atoms with Gasteiger partial charge in [0.2, 0.25) is 5.91 Å². The molecule has 3 aliphatic rings. The maximum atomic E-state index is 12.6. The molecule has 25 heavy (non-hydrogen) atoms. The maximum absolute atomic E-state index is 12.6. The average Bonchev–Trinajstić information content (AvgIpc) is 3.05. The molecule has 1 aromatic rings. The summed E-state index contributed by atoms with van der Waals surface area (Å²) < 4.78 is 17.2. The summed E-state index contributed by atoms with van der Waals surface area (Å²) in [5.41, 5.74) is -0.140. The lowest BCUT2D eigenvalue weighted by Gasteiger charge is -2.51. The lowest BCUT2D eigenvalue weighted by molar-refractivity contribution is -0.171. The number of likely N-dealkylation sites (tertiary alicyclic amines) is 1. The van der Waals surface area contributed by atoms with Gasteiger partial charge in [0.25, 0.3) is 0 Å². The molecule has 6 heteroatoms. The summed E-state index contributed by atoms with van der Waals surface area (Å²) >= 11 is 0. The molecular weight excluding hydrogens is 320 g/mol. The Labute approximate surface area is 148 Å². The zero-order chi connectivity index (χ0) is 17.1. The minimum Gasteiger partial charge on any atom is -0.492 e. The van der Waals surface area contributed by atoms with Crippen LogP contribution in [0, 0.1) is 11.8 Å². The minimum absolute atomic E-state index is 0.139. The predicted molar refractivity (Wildman–Crippen MR) is 91.3 cm³/mol. The zero-order valence-electron chi connectivity index (χ0n) is 14.6. The van der Waals surface area contributed by atoms with E-state index >= 15 is 0 Å². The highest BCUT2D eigenvalue weighted by atomic mass is 16.5. The van der Waals surface area contributed by atoms with Crippen molar-refractivity contribution in [3.8, 4) is 5.75 Å². The number of carbonyl (C=O) groups is 1. The Bertz CT molecular complexity index is 582. The third kappa shape index (κ3) is 3.51. The number of amides is 1. The van der Waals surface area contributed by atoms with Crippen LogP contribution in [0.25, 0.3) is 0 Å². The van der Waals surface area contributed by atoms with Gasteiger partial charge in [-0.2, -0.15) is 0 Å². The molecule has 136 valence electrons. The van der Waals surface area contributed by atoms with Gasteiger partial charge >= 0.3 is 0 Å². The number of rotatable bonds is 5. The van der Waals surface area contributed by atoms with Crippen molar-refractivity contribution in [3.05, 3.63) is 24.5 Å². The molecule has 6 nitrogen and oxygen atoms in total. The Morgan fingerprint density at radius 2 is 2.12 bits per heavy atom. The van der Waals surface area contributed by atoms with Crippen LogP contribution in [0.3, 0.4) is 0 Å². The number of pyridine rings is 1. The summed E-state index contributed by atoms with van der Waals surface area (Å²) in [7, 11) is 0. The molecule has 1 unspecified atom stereocenters. The maximum Gasteiger partial charge on any atom is 0.226 e. The first-order valence-electron chi connectivity index (χ1n) is 9.30. The van der Waals surface area contributed by atoms with Gasteiger partial charge in [0.05, 0.1) is 25.9 Å². The molecule has 4 heterocycles. The molecule has 0 bridgehead atoms. The van der Waals surface area contributed by atoms with Crippen LogP contribution in [0.5, 0.6) is 5.75 Å². The van der Waals surface area contributed by atoms with E-state index in [1.807, 2.05) is 17.0 Å². The number of ether oxygens (including phenoxy) is 3. The Morgan fingerprint density at radius 3 is 2.88 bits per heavy atom. The molecule has 0 radical (unpaired) electrons. The Kier molecular flexibility index (Phi) is 4.90. The van der Waals surface area contributed by atoms with Gasteiger partial charge in [0.15, 0.2) is 0 Å². The van der Waals surface area contributed by atoms with E-state index in [1.165, 1.54) is 0 Å². The molecule has 1 atom stereocenters. The van der Waals surface area contributed by atoms with Gasteiger partial charge < -0.3 is 19.1 Å². The van der Waals surface area contributed by atoms with Crippen LogP contribution in [0.2, 0.25) is 0 Å². The van der Waals surface area contributed by atoms with Crippen molar-refractivity contribution in [1.82, 2.24) is 9.88 Å². The van der Waals surface area contributed by atoms with Crippen LogP contribution in [0.1, 0.15) is 25.7 Å². The number of carbonyl (C=O) groups excluding carboxylic acids is 1. The molecule has 4 rings (SSSR count). The highest BCUT2D eigenvalue weighted by Gasteiger charge is 2.54. The molecule has 1 spiro atoms. The second kappa shape index (κ2) is 7.30. The van der Waals surface area contributed by atoms with Crippen molar-refractivity contribution < 1.29 is 19.0 Å². The molecule has 1 aromatic heterocycles. The number of aromatic nitrogens is 1. The fourth-order valence-corrected chi connectivity index (χ4v) is 4.25. The van der Waals surface area contributed by atoms with E-state index < -0.39 is 0 Å². The third-order valence-electron chi connectivity index (χ3n) is 5.77. The van der Waals surface area contributed by atoms with E-state index in [9.17, 15) is 4.79 Å². The first-order valence-corrected chi connectivity index (χ1v) is 9.30. The highest BCUT2D eigenvalue weighted by Crippen LogP contribution is 2.42. The van der Waals surface area contributed by atoms with Crippen LogP contribution in [-0.4, -0.2) is 60.9 Å². The molecule has 3 fully saturated rings. The molecule has 0 N–H and O–H groups in total. The van der Waals surface area contributed by atoms with Gasteiger partial charge in [0.1, 0.15) is 11.4 Å². The van der Waals surface area contributed by atoms with Crippen LogP contribution < -0.4 is 4.74 Å². The van der Waals surface area contributed by atoms with E-state index in [0.717, 1.165) is 51.1 Å². The van der Waals surface area contributed by atoms with Crippen molar-refractivity contribution in [3.63, 3.8) is 0 Å². The van der Waals surface area contributed by atoms with Crippen LogP contribution in [-0.2, 0) is 14.3 Å². The quantitative estimate of drug-likeness (QED) is 0.815. The predicted octanol–water partition coefficient (Wildman–Crippen LogP) is 1.89. The number of nitrogens with zero attached hydrogens (tertiary/aromatic N) is 2. The lowest BCUT2D eigenvalue weighted by Crippen LogP contribution is -2.67. The van der Waals surface area contributed by atoms with Gasteiger partial charge in [-0.15, -0.1) is 0 Å². The van der Waals surface area contributed by atoms with Crippen LogP contribution >= 0.6 is 0 Å². The largest absolute Gasteiger partial charge is 0.492 e. The van der Waals surface area contributed by atoms with Crippen molar-refractivity contribution >= 4 is 5.91 Å². The van der Waals surface area contributed by atoms with Crippen molar-refractivity contribution in [1.29, 1.82) is 0 Å². The smallest absolute Gasteiger partial charge is 0.226 e. The van der Waals surface area contributed by atoms with Crippen molar-refractivity contribution in [2.75, 3.05) is 39.5 Å². The van der Waals surface area contributed by atoms with Gasteiger partial charge in [0, 0.05) is 31.9 Å². The molecule has 0 aliphatic carbocycles. The summed E-state index contributed by atoms with van der Waals surface area (Å²) in [5, 5.41) is 0. The second-order valence-electron chi connectivity index (χ2n) is 7.31. The first-order chi connectivity index (χ1) is 12.3. The summed E-state index contributed by atoms with van der Waals surface area (Å²) in [6.45, 7) is 4.34. The molecular formula is C19H26N2O4. The Morgan fingerprint density at radius 1 is 1.28 bits per heavy atom. The third-order valence-corrected chi connectivity index (χ3v) is 5.77. The second-order valence-corrected chi connectivity index (χ2v) is 7.31. The van der Waals surface area contributed by atoms with Crippen molar-refractivity contribution in [2.24, 2.45) is 11.8 Å². The van der Waals surface area contributed by atoms with E-state index in [-0.39, 0.29) is 17.4 Å². The van der Waals surface area contributed by atoms with Gasteiger partial charge in [-0.3, -0.25) is 9.78 Å². The number of hydrogen-bond acceptors (Lipinski definition) is 5. The van der Waals surface area contributed by atoms with Crippen molar-refractivity contribution in [2.45, 2.75) is 31.3 Å². The molecule has 3 aliphatic heterocycles. The van der Waals surface area contributed by atoms with Gasteiger partial charge in [-0.1, -0.05) is 0 Å². The Hall–Kier alpha value is -1.66.